The Balaban J connectivity index is 2.69. The van der Waals surface area contributed by atoms with E-state index in [0.29, 0.717) is 4.77 Å². The van der Waals surface area contributed by atoms with Crippen LogP contribution in [0.4, 0.5) is 0 Å². The fourth-order valence-corrected chi connectivity index (χ4v) is 2.08. The summed E-state index contributed by atoms with van der Waals surface area (Å²) in [6.07, 6.45) is 0. The van der Waals surface area contributed by atoms with Crippen molar-refractivity contribution in [3.63, 3.8) is 0 Å². The van der Waals surface area contributed by atoms with E-state index in [-0.39, 0.29) is 0 Å². The maximum atomic E-state index is 5.10. The molecule has 4 heteroatoms. The summed E-state index contributed by atoms with van der Waals surface area (Å²) in [4.78, 5) is 10.8. The van der Waals surface area contributed by atoms with E-state index in [4.69, 9.17) is 12.2 Å². The Kier molecular flexibility index (Phi) is 1.67. The Hall–Kier alpha value is -1.68. The van der Waals surface area contributed by atoms with Gasteiger partial charge in [0, 0.05) is 5.39 Å². The van der Waals surface area contributed by atoms with Crippen LogP contribution >= 0.6 is 12.2 Å². The molecule has 74 valence electrons. The minimum absolute atomic E-state index is 0.645. The third-order valence-corrected chi connectivity index (χ3v) is 2.75. The first-order chi connectivity index (χ1) is 7.25. The van der Waals surface area contributed by atoms with Gasteiger partial charge in [0.15, 0.2) is 4.77 Å². The standard InChI is InChI=1S/C11H9N3S/c1-6-9-10(14-11(15)13-9)7-4-2-3-5-8(7)12-6/h2-5H,1H3,(H2,13,14,15). The van der Waals surface area contributed by atoms with Gasteiger partial charge in [-0.1, -0.05) is 18.2 Å². The first-order valence-electron chi connectivity index (χ1n) is 4.73. The van der Waals surface area contributed by atoms with Gasteiger partial charge in [-0.2, -0.15) is 0 Å². The Morgan fingerprint density at radius 3 is 2.73 bits per heavy atom. The fraction of sp³-hybridized carbons (Fsp3) is 0.0909. The number of nitrogens with one attached hydrogen (secondary N) is 2. The van der Waals surface area contributed by atoms with Crippen LogP contribution in [0.2, 0.25) is 0 Å². The number of H-pyrrole nitrogens is 2. The van der Waals surface area contributed by atoms with Gasteiger partial charge >= 0.3 is 0 Å². The second kappa shape index (κ2) is 2.90. The van der Waals surface area contributed by atoms with Gasteiger partial charge in [0.25, 0.3) is 0 Å². The van der Waals surface area contributed by atoms with E-state index >= 15 is 0 Å². The predicted molar refractivity (Wildman–Crippen MR) is 63.5 cm³/mol. The molecule has 3 nitrogen and oxygen atoms in total. The van der Waals surface area contributed by atoms with E-state index in [1.807, 2.05) is 31.2 Å². The van der Waals surface area contributed by atoms with Crippen molar-refractivity contribution in [3.05, 3.63) is 34.7 Å². The molecule has 2 aromatic heterocycles. The molecule has 0 aliphatic heterocycles. The smallest absolute Gasteiger partial charge is 0.175 e. The van der Waals surface area contributed by atoms with Gasteiger partial charge in [0.2, 0.25) is 0 Å². The molecule has 3 aromatic rings. The van der Waals surface area contributed by atoms with Gasteiger partial charge < -0.3 is 9.97 Å². The lowest BCUT2D eigenvalue weighted by Crippen LogP contribution is -1.86. The monoisotopic (exact) mass is 215 g/mol. The number of aryl methyl sites for hydroxylation is 1. The van der Waals surface area contributed by atoms with Crippen molar-refractivity contribution in [2.45, 2.75) is 6.92 Å². The molecule has 0 aliphatic carbocycles. The number of nitrogens with zero attached hydrogens (tertiary/aromatic N) is 1. The highest BCUT2D eigenvalue weighted by Crippen LogP contribution is 2.22. The average Bonchev–Trinajstić information content (AvgIpc) is 2.61. The number of aromatic nitrogens is 3. The second-order valence-corrected chi connectivity index (χ2v) is 3.95. The molecule has 0 amide bonds. The summed E-state index contributed by atoms with van der Waals surface area (Å²) in [5, 5.41) is 1.10. The van der Waals surface area contributed by atoms with Gasteiger partial charge in [0.1, 0.15) is 0 Å². The molecule has 0 fully saturated rings. The first kappa shape index (κ1) is 8.61. The van der Waals surface area contributed by atoms with Crippen LogP contribution in [0.5, 0.6) is 0 Å². The molecule has 2 N–H and O–H groups in total. The van der Waals surface area contributed by atoms with Crippen LogP contribution in [0.15, 0.2) is 24.3 Å². The van der Waals surface area contributed by atoms with Crippen molar-refractivity contribution in [1.82, 2.24) is 15.0 Å². The Labute approximate surface area is 91.2 Å². The molecule has 0 radical (unpaired) electrons. The largest absolute Gasteiger partial charge is 0.330 e. The van der Waals surface area contributed by atoms with Crippen LogP contribution in [0.3, 0.4) is 0 Å². The summed E-state index contributed by atoms with van der Waals surface area (Å²) in [5.74, 6) is 0. The highest BCUT2D eigenvalue weighted by molar-refractivity contribution is 7.71. The Morgan fingerprint density at radius 2 is 1.87 bits per heavy atom. The number of aromatic amines is 2. The highest BCUT2D eigenvalue weighted by Gasteiger charge is 2.06. The van der Waals surface area contributed by atoms with Gasteiger partial charge in [-0.3, -0.25) is 4.98 Å². The van der Waals surface area contributed by atoms with Crippen LogP contribution < -0.4 is 0 Å². The highest BCUT2D eigenvalue weighted by atomic mass is 32.1. The van der Waals surface area contributed by atoms with E-state index in [2.05, 4.69) is 15.0 Å². The molecule has 3 rings (SSSR count). The molecule has 0 unspecified atom stereocenters. The van der Waals surface area contributed by atoms with Crippen LogP contribution in [0.1, 0.15) is 5.69 Å². The predicted octanol–water partition coefficient (Wildman–Crippen LogP) is 3.08. The SMILES string of the molecule is Cc1nc2ccccc2c2[nH]c(=S)[nH]c12. The molecule has 0 saturated carbocycles. The summed E-state index contributed by atoms with van der Waals surface area (Å²) in [5.41, 5.74) is 4.01. The lowest BCUT2D eigenvalue weighted by atomic mass is 10.1. The Morgan fingerprint density at radius 1 is 1.13 bits per heavy atom. The second-order valence-electron chi connectivity index (χ2n) is 3.54. The zero-order valence-electron chi connectivity index (χ0n) is 8.16. The van der Waals surface area contributed by atoms with Crippen molar-refractivity contribution in [2.75, 3.05) is 0 Å². The van der Waals surface area contributed by atoms with Crippen molar-refractivity contribution in [2.24, 2.45) is 0 Å². The summed E-state index contributed by atoms with van der Waals surface area (Å²) < 4.78 is 0.645. The minimum atomic E-state index is 0.645. The number of hydrogen-bond donors (Lipinski definition) is 2. The number of pyridine rings is 1. The van der Waals surface area contributed by atoms with Gasteiger partial charge in [-0.15, -0.1) is 0 Å². The number of hydrogen-bond acceptors (Lipinski definition) is 2. The van der Waals surface area contributed by atoms with E-state index in [9.17, 15) is 0 Å². The molecule has 0 spiro atoms. The van der Waals surface area contributed by atoms with Crippen LogP contribution in [-0.4, -0.2) is 15.0 Å². The molecule has 1 aromatic carbocycles. The number of benzene rings is 1. The average molecular weight is 215 g/mol. The molecule has 0 saturated heterocycles. The number of fused-ring (bicyclic) bond motifs is 3. The van der Waals surface area contributed by atoms with Crippen LogP contribution in [-0.2, 0) is 0 Å². The maximum Gasteiger partial charge on any atom is 0.175 e. The molecule has 15 heavy (non-hydrogen) atoms. The van der Waals surface area contributed by atoms with Gasteiger partial charge in [-0.05, 0) is 25.2 Å². The lowest BCUT2D eigenvalue weighted by molar-refractivity contribution is 1.25. The topological polar surface area (TPSA) is 44.5 Å². The van der Waals surface area contributed by atoms with Crippen molar-refractivity contribution >= 4 is 34.2 Å². The third-order valence-electron chi connectivity index (χ3n) is 2.55. The first-order valence-corrected chi connectivity index (χ1v) is 5.14. The molecular weight excluding hydrogens is 206 g/mol. The Bertz CT molecular complexity index is 708. The summed E-state index contributed by atoms with van der Waals surface area (Å²) >= 11 is 5.10. The van der Waals surface area contributed by atoms with Crippen LogP contribution in [0, 0.1) is 11.7 Å². The van der Waals surface area contributed by atoms with E-state index in [0.717, 1.165) is 27.6 Å². The number of para-hydroxylation sites is 1. The molecule has 0 atom stereocenters. The molecular formula is C11H9N3S. The zero-order valence-corrected chi connectivity index (χ0v) is 8.98. The normalized spacial score (nSPS) is 11.3. The van der Waals surface area contributed by atoms with Crippen molar-refractivity contribution < 1.29 is 0 Å². The van der Waals surface area contributed by atoms with E-state index in [1.54, 1.807) is 0 Å². The van der Waals surface area contributed by atoms with Crippen molar-refractivity contribution in [3.8, 4) is 0 Å². The molecule has 0 aliphatic rings. The summed E-state index contributed by atoms with van der Waals surface area (Å²) in [7, 11) is 0. The van der Waals surface area contributed by atoms with Crippen molar-refractivity contribution in [1.29, 1.82) is 0 Å². The summed E-state index contributed by atoms with van der Waals surface area (Å²) in [6.45, 7) is 1.98. The van der Waals surface area contributed by atoms with E-state index < -0.39 is 0 Å². The molecule has 0 bridgehead atoms. The van der Waals surface area contributed by atoms with E-state index in [1.165, 1.54) is 0 Å². The zero-order chi connectivity index (χ0) is 10.4. The minimum Gasteiger partial charge on any atom is -0.330 e. The van der Waals surface area contributed by atoms with Gasteiger partial charge in [-0.25, -0.2) is 0 Å². The lowest BCUT2D eigenvalue weighted by Gasteiger charge is -2.00. The molecule has 2 heterocycles. The third kappa shape index (κ3) is 1.18. The fourth-order valence-electron chi connectivity index (χ4n) is 1.88. The number of imidazole rings is 1. The summed E-state index contributed by atoms with van der Waals surface area (Å²) in [6, 6.07) is 8.04. The van der Waals surface area contributed by atoms with Gasteiger partial charge in [0.05, 0.1) is 22.2 Å². The quantitative estimate of drug-likeness (QED) is 0.566. The number of rotatable bonds is 0. The van der Waals surface area contributed by atoms with Crippen LogP contribution in [0.25, 0.3) is 21.9 Å². The maximum absolute atomic E-state index is 5.10.